The Kier molecular flexibility index (Phi) is 4.21. The number of benzene rings is 2. The molecule has 1 saturated heterocycles. The van der Waals surface area contributed by atoms with Gasteiger partial charge in [-0.2, -0.15) is 4.31 Å². The molecule has 8 heteroatoms. The molecular formula is C18H18F2N2O3S. The Hall–Kier alpha value is -2.03. The number of nitrogens with zero attached hydrogens (tertiary/aromatic N) is 2. The first-order valence-electron chi connectivity index (χ1n) is 8.39. The van der Waals surface area contributed by atoms with Crippen LogP contribution in [-0.4, -0.2) is 47.3 Å². The molecule has 1 aliphatic heterocycles. The molecule has 26 heavy (non-hydrogen) atoms. The third-order valence-corrected chi connectivity index (χ3v) is 6.74. The number of sulfonamides is 1. The van der Waals surface area contributed by atoms with Crippen molar-refractivity contribution in [1.29, 1.82) is 0 Å². The summed E-state index contributed by atoms with van der Waals surface area (Å²) in [6.07, 6.45) is -0.412. The molecule has 0 bridgehead atoms. The minimum absolute atomic E-state index is 0.0139. The fourth-order valence-corrected chi connectivity index (χ4v) is 5.23. The highest BCUT2D eigenvalue weighted by atomic mass is 32.2. The Balaban J connectivity index is 1.75. The molecule has 5 nitrogen and oxygen atoms in total. The highest BCUT2D eigenvalue weighted by molar-refractivity contribution is 7.89. The van der Waals surface area contributed by atoms with Crippen LogP contribution in [-0.2, 0) is 16.6 Å². The molecule has 2 heterocycles. The second-order valence-corrected chi connectivity index (χ2v) is 8.68. The van der Waals surface area contributed by atoms with Gasteiger partial charge >= 0.3 is 0 Å². The highest BCUT2D eigenvalue weighted by Gasteiger charge is 2.30. The van der Waals surface area contributed by atoms with Gasteiger partial charge in [-0.1, -0.05) is 6.07 Å². The van der Waals surface area contributed by atoms with Crippen molar-refractivity contribution in [3.8, 4) is 0 Å². The average Bonchev–Trinajstić information content (AvgIpc) is 3.06. The highest BCUT2D eigenvalue weighted by Crippen LogP contribution is 2.32. The van der Waals surface area contributed by atoms with Crippen molar-refractivity contribution in [1.82, 2.24) is 8.87 Å². The Morgan fingerprint density at radius 2 is 1.92 bits per heavy atom. The zero-order valence-electron chi connectivity index (χ0n) is 13.9. The van der Waals surface area contributed by atoms with Crippen LogP contribution in [0.2, 0.25) is 0 Å². The predicted molar refractivity (Wildman–Crippen MR) is 95.3 cm³/mol. The van der Waals surface area contributed by atoms with Crippen LogP contribution in [0, 0.1) is 11.6 Å². The molecule has 1 aromatic heterocycles. The summed E-state index contributed by atoms with van der Waals surface area (Å²) in [6, 6.07) is 8.67. The average molecular weight is 380 g/mol. The molecule has 0 saturated carbocycles. The summed E-state index contributed by atoms with van der Waals surface area (Å²) < 4.78 is 54.9. The maximum atomic E-state index is 14.3. The van der Waals surface area contributed by atoms with Crippen LogP contribution in [0.4, 0.5) is 8.78 Å². The molecule has 1 unspecified atom stereocenters. The van der Waals surface area contributed by atoms with E-state index < -0.39 is 27.8 Å². The second-order valence-electron chi connectivity index (χ2n) is 6.59. The van der Waals surface area contributed by atoms with E-state index in [1.54, 1.807) is 22.8 Å². The smallest absolute Gasteiger partial charge is 0.214 e. The number of fused-ring (bicyclic) bond motifs is 3. The summed E-state index contributed by atoms with van der Waals surface area (Å²) in [5.74, 6) is -0.837. The number of halogens is 2. The molecule has 0 amide bonds. The first-order valence-corrected chi connectivity index (χ1v) is 9.99. The minimum Gasteiger partial charge on any atom is -0.390 e. The van der Waals surface area contributed by atoms with Crippen LogP contribution in [0.3, 0.4) is 0 Å². The molecule has 1 fully saturated rings. The number of aliphatic hydroxyl groups is 1. The maximum absolute atomic E-state index is 14.3. The third-order valence-electron chi connectivity index (χ3n) is 4.81. The molecule has 3 aromatic rings. The van der Waals surface area contributed by atoms with Gasteiger partial charge in [0.25, 0.3) is 0 Å². The summed E-state index contributed by atoms with van der Waals surface area (Å²) in [5.41, 5.74) is 1.13. The number of hydrogen-bond acceptors (Lipinski definition) is 3. The second kappa shape index (κ2) is 6.29. The molecule has 0 aliphatic carbocycles. The van der Waals surface area contributed by atoms with Crippen molar-refractivity contribution in [2.45, 2.75) is 19.1 Å². The van der Waals surface area contributed by atoms with E-state index in [-0.39, 0.29) is 18.8 Å². The van der Waals surface area contributed by atoms with Gasteiger partial charge in [0.15, 0.2) is 0 Å². The standard InChI is InChI=1S/C18H18F2N2O3S/c19-12-5-6-16-14(9-12)18-15(20)3-1-4-17(18)22(16)11-13(23)10-21-7-2-8-26(21,24)25/h1,3-6,9,13,23H,2,7-8,10-11H2. The molecule has 4 rings (SSSR count). The van der Waals surface area contributed by atoms with Crippen molar-refractivity contribution in [3.63, 3.8) is 0 Å². The summed E-state index contributed by atoms with van der Waals surface area (Å²) in [6.45, 7) is 0.466. The van der Waals surface area contributed by atoms with E-state index in [9.17, 15) is 22.3 Å². The van der Waals surface area contributed by atoms with E-state index in [2.05, 4.69) is 0 Å². The normalized spacial score (nSPS) is 18.7. The molecule has 1 aliphatic rings. The molecule has 2 aromatic carbocycles. The molecule has 1 N–H and O–H groups in total. The first kappa shape index (κ1) is 17.4. The van der Waals surface area contributed by atoms with Crippen molar-refractivity contribution >= 4 is 31.8 Å². The van der Waals surface area contributed by atoms with Gasteiger partial charge in [-0.25, -0.2) is 17.2 Å². The van der Waals surface area contributed by atoms with Crippen LogP contribution in [0.1, 0.15) is 6.42 Å². The number of rotatable bonds is 4. The lowest BCUT2D eigenvalue weighted by molar-refractivity contribution is 0.133. The van der Waals surface area contributed by atoms with E-state index in [0.29, 0.717) is 34.8 Å². The van der Waals surface area contributed by atoms with Gasteiger partial charge in [-0.3, -0.25) is 0 Å². The van der Waals surface area contributed by atoms with E-state index in [0.717, 1.165) is 0 Å². The molecule has 1 atom stereocenters. The number of hydrogen-bond donors (Lipinski definition) is 1. The van der Waals surface area contributed by atoms with Crippen LogP contribution in [0.15, 0.2) is 36.4 Å². The Morgan fingerprint density at radius 1 is 1.12 bits per heavy atom. The summed E-state index contributed by atoms with van der Waals surface area (Å²) in [7, 11) is -3.30. The largest absolute Gasteiger partial charge is 0.390 e. The number of aliphatic hydroxyl groups excluding tert-OH is 1. The van der Waals surface area contributed by atoms with Crippen molar-refractivity contribution in [3.05, 3.63) is 48.0 Å². The van der Waals surface area contributed by atoms with Crippen molar-refractivity contribution < 1.29 is 22.3 Å². The lowest BCUT2D eigenvalue weighted by atomic mass is 10.1. The van der Waals surface area contributed by atoms with Crippen LogP contribution < -0.4 is 0 Å². The van der Waals surface area contributed by atoms with Crippen molar-refractivity contribution in [2.24, 2.45) is 0 Å². The van der Waals surface area contributed by atoms with Gasteiger partial charge in [-0.05, 0) is 36.8 Å². The van der Waals surface area contributed by atoms with Gasteiger partial charge in [0.2, 0.25) is 10.0 Å². The summed E-state index contributed by atoms with van der Waals surface area (Å²) in [5, 5.41) is 11.2. The van der Waals surface area contributed by atoms with Gasteiger partial charge < -0.3 is 9.67 Å². The Bertz CT molecular complexity index is 1090. The predicted octanol–water partition coefficient (Wildman–Crippen LogP) is 2.47. The molecule has 0 spiro atoms. The van der Waals surface area contributed by atoms with Crippen LogP contribution >= 0.6 is 0 Å². The lowest BCUT2D eigenvalue weighted by Crippen LogP contribution is -2.35. The van der Waals surface area contributed by atoms with Gasteiger partial charge in [0.1, 0.15) is 11.6 Å². The number of aromatic nitrogens is 1. The van der Waals surface area contributed by atoms with Crippen molar-refractivity contribution in [2.75, 3.05) is 18.8 Å². The van der Waals surface area contributed by atoms with Gasteiger partial charge in [0, 0.05) is 29.4 Å². The summed E-state index contributed by atoms with van der Waals surface area (Å²) >= 11 is 0. The minimum atomic E-state index is -3.30. The fraction of sp³-hybridized carbons (Fsp3) is 0.333. The zero-order valence-corrected chi connectivity index (χ0v) is 14.7. The SMILES string of the molecule is O=S1(=O)CCCN1CC(O)Cn1c2ccc(F)cc2c2c(F)cccc21. The zero-order chi connectivity index (χ0) is 18.5. The van der Waals surface area contributed by atoms with Crippen LogP contribution in [0.5, 0.6) is 0 Å². The molecular weight excluding hydrogens is 362 g/mol. The topological polar surface area (TPSA) is 62.5 Å². The van der Waals surface area contributed by atoms with Gasteiger partial charge in [0.05, 0.1) is 23.9 Å². The molecule has 0 radical (unpaired) electrons. The van der Waals surface area contributed by atoms with E-state index in [1.807, 2.05) is 0 Å². The van der Waals surface area contributed by atoms with E-state index in [4.69, 9.17) is 0 Å². The Labute approximate surface area is 149 Å². The monoisotopic (exact) mass is 380 g/mol. The lowest BCUT2D eigenvalue weighted by Gasteiger charge is -2.20. The first-order chi connectivity index (χ1) is 12.4. The van der Waals surface area contributed by atoms with Gasteiger partial charge in [-0.15, -0.1) is 0 Å². The fourth-order valence-electron chi connectivity index (χ4n) is 3.67. The van der Waals surface area contributed by atoms with E-state index in [1.165, 1.54) is 22.5 Å². The Morgan fingerprint density at radius 3 is 2.65 bits per heavy atom. The van der Waals surface area contributed by atoms with Crippen LogP contribution in [0.25, 0.3) is 21.8 Å². The summed E-state index contributed by atoms with van der Waals surface area (Å²) in [4.78, 5) is 0. The quantitative estimate of drug-likeness (QED) is 0.756. The maximum Gasteiger partial charge on any atom is 0.214 e. The van der Waals surface area contributed by atoms with E-state index >= 15 is 0 Å². The third kappa shape index (κ3) is 2.87. The number of β-amino-alcohol motifs (C(OH)–C–C–N with tert-alkyl or cyclic N) is 1. The molecule has 138 valence electrons.